The van der Waals surface area contributed by atoms with Gasteiger partial charge in [0.2, 0.25) is 0 Å². The highest BCUT2D eigenvalue weighted by atomic mass is 32.1. The summed E-state index contributed by atoms with van der Waals surface area (Å²) in [5.74, 6) is 0.566. The minimum Gasteiger partial charge on any atom is -0.455 e. The fraction of sp³-hybridized carbons (Fsp3) is 0. The first-order valence-corrected chi connectivity index (χ1v) is 13.9. The molecule has 0 saturated heterocycles. The molecule has 0 fully saturated rings. The molecule has 3 heterocycles. The van der Waals surface area contributed by atoms with Crippen LogP contribution in [0.5, 0.6) is 0 Å². The summed E-state index contributed by atoms with van der Waals surface area (Å²) < 4.78 is 8.20. The van der Waals surface area contributed by atoms with Gasteiger partial charge in [0.05, 0.1) is 32.0 Å². The number of para-hydroxylation sites is 3. The van der Waals surface area contributed by atoms with E-state index in [1.54, 1.807) is 29.5 Å². The zero-order valence-corrected chi connectivity index (χ0v) is 22.3. The molecule has 0 radical (unpaired) electrons. The van der Waals surface area contributed by atoms with Crippen LogP contribution in [0.3, 0.4) is 0 Å². The first-order valence-electron chi connectivity index (χ1n) is 13.1. The van der Waals surface area contributed by atoms with Crippen LogP contribution in [0.1, 0.15) is 0 Å². The Hall–Kier alpha value is -5.40. The number of hydrogen-bond donors (Lipinski definition) is 0. The van der Waals surface area contributed by atoms with E-state index in [9.17, 15) is 10.1 Å². The summed E-state index contributed by atoms with van der Waals surface area (Å²) in [7, 11) is 0. The Kier molecular flexibility index (Phi) is 5.20. The number of nitro benzene ring substituents is 1. The van der Waals surface area contributed by atoms with Gasteiger partial charge in [-0.1, -0.05) is 91.0 Å². The van der Waals surface area contributed by atoms with Crippen LogP contribution in [-0.4, -0.2) is 14.9 Å². The number of furan rings is 1. The smallest absolute Gasteiger partial charge is 0.277 e. The molecule has 0 N–H and O–H groups in total. The minimum absolute atomic E-state index is 0.0732. The third kappa shape index (κ3) is 3.63. The lowest BCUT2D eigenvalue weighted by atomic mass is 10.0. The number of nitrogens with zero attached hydrogens (tertiary/aromatic N) is 3. The molecule has 0 bridgehead atoms. The van der Waals surface area contributed by atoms with Gasteiger partial charge in [0.25, 0.3) is 5.69 Å². The Balaban J connectivity index is 1.46. The summed E-state index contributed by atoms with van der Waals surface area (Å²) in [6, 6.07) is 36.9. The highest BCUT2D eigenvalue weighted by molar-refractivity contribution is 7.26. The van der Waals surface area contributed by atoms with E-state index >= 15 is 0 Å². The van der Waals surface area contributed by atoms with Crippen molar-refractivity contribution in [3.05, 3.63) is 125 Å². The van der Waals surface area contributed by atoms with Gasteiger partial charge in [-0.25, -0.2) is 9.97 Å². The van der Waals surface area contributed by atoms with E-state index in [0.29, 0.717) is 11.4 Å². The van der Waals surface area contributed by atoms with Gasteiger partial charge in [-0.05, 0) is 18.2 Å². The van der Waals surface area contributed by atoms with E-state index in [2.05, 4.69) is 12.1 Å². The Morgan fingerprint density at radius 2 is 1.32 bits per heavy atom. The van der Waals surface area contributed by atoms with Crippen LogP contribution >= 0.6 is 11.3 Å². The molecule has 0 amide bonds. The average molecular weight is 550 g/mol. The van der Waals surface area contributed by atoms with Crippen molar-refractivity contribution in [2.75, 3.05) is 0 Å². The molecule has 6 nitrogen and oxygen atoms in total. The lowest BCUT2D eigenvalue weighted by Gasteiger charge is -2.07. The molecule has 8 rings (SSSR count). The van der Waals surface area contributed by atoms with Crippen molar-refractivity contribution in [1.82, 2.24) is 9.97 Å². The van der Waals surface area contributed by atoms with Crippen molar-refractivity contribution in [3.63, 3.8) is 0 Å². The van der Waals surface area contributed by atoms with Crippen molar-refractivity contribution in [2.45, 2.75) is 0 Å². The van der Waals surface area contributed by atoms with Crippen molar-refractivity contribution in [3.8, 4) is 33.8 Å². The Morgan fingerprint density at radius 1 is 0.634 bits per heavy atom. The minimum atomic E-state index is -0.331. The van der Waals surface area contributed by atoms with E-state index < -0.39 is 0 Å². The zero-order chi connectivity index (χ0) is 27.5. The molecule has 0 spiro atoms. The molecule has 0 aliphatic carbocycles. The second-order valence-electron chi connectivity index (χ2n) is 9.78. The van der Waals surface area contributed by atoms with E-state index in [-0.39, 0.29) is 10.6 Å². The monoisotopic (exact) mass is 549 g/mol. The van der Waals surface area contributed by atoms with E-state index in [1.807, 2.05) is 84.9 Å². The van der Waals surface area contributed by atoms with Crippen LogP contribution in [0.2, 0.25) is 0 Å². The summed E-state index contributed by atoms with van der Waals surface area (Å²) in [6.45, 7) is 0. The number of benzene rings is 5. The van der Waals surface area contributed by atoms with Gasteiger partial charge in [0, 0.05) is 38.1 Å². The molecule has 0 aliphatic rings. The summed E-state index contributed by atoms with van der Waals surface area (Å²) in [5.41, 5.74) is 6.42. The summed E-state index contributed by atoms with van der Waals surface area (Å²) in [6.07, 6.45) is 0. The molecular formula is C34H19N3O3S. The molecule has 7 heteroatoms. The number of thiophene rings is 1. The van der Waals surface area contributed by atoms with Gasteiger partial charge in [0.1, 0.15) is 11.2 Å². The quantitative estimate of drug-likeness (QED) is 0.161. The van der Waals surface area contributed by atoms with Crippen molar-refractivity contribution < 1.29 is 9.34 Å². The summed E-state index contributed by atoms with van der Waals surface area (Å²) in [5, 5.41) is 14.9. The number of nitro groups is 1. The lowest BCUT2D eigenvalue weighted by Crippen LogP contribution is -1.94. The van der Waals surface area contributed by atoms with Crippen molar-refractivity contribution >= 4 is 59.3 Å². The zero-order valence-electron chi connectivity index (χ0n) is 21.4. The molecule has 3 aromatic heterocycles. The maximum Gasteiger partial charge on any atom is 0.277 e. The highest BCUT2D eigenvalue weighted by Crippen LogP contribution is 2.45. The fourth-order valence-corrected chi connectivity index (χ4v) is 6.85. The van der Waals surface area contributed by atoms with Crippen LogP contribution in [0, 0.1) is 10.1 Å². The largest absolute Gasteiger partial charge is 0.455 e. The predicted octanol–water partition coefficient (Wildman–Crippen LogP) is 9.65. The number of rotatable bonds is 4. The number of fused-ring (bicyclic) bond motifs is 6. The van der Waals surface area contributed by atoms with E-state index in [1.165, 1.54) is 0 Å². The molecule has 8 aromatic rings. The Labute approximate surface area is 237 Å². The van der Waals surface area contributed by atoms with Crippen LogP contribution in [0.15, 0.2) is 120 Å². The number of aromatic nitrogens is 2. The second-order valence-corrected chi connectivity index (χ2v) is 10.8. The van der Waals surface area contributed by atoms with E-state index in [4.69, 9.17) is 14.4 Å². The maximum atomic E-state index is 11.9. The Morgan fingerprint density at radius 3 is 2.17 bits per heavy atom. The molecule has 5 aromatic carbocycles. The van der Waals surface area contributed by atoms with Crippen molar-refractivity contribution in [2.24, 2.45) is 0 Å². The maximum absolute atomic E-state index is 11.9. The van der Waals surface area contributed by atoms with Gasteiger partial charge in [-0.2, -0.15) is 0 Å². The molecule has 0 saturated carbocycles. The summed E-state index contributed by atoms with van der Waals surface area (Å²) >= 11 is 1.57. The van der Waals surface area contributed by atoms with Crippen LogP contribution in [0.25, 0.3) is 76.0 Å². The highest BCUT2D eigenvalue weighted by Gasteiger charge is 2.22. The topological polar surface area (TPSA) is 82.1 Å². The number of hydrogen-bond acceptors (Lipinski definition) is 6. The van der Waals surface area contributed by atoms with Crippen LogP contribution in [-0.2, 0) is 0 Å². The standard InChI is InChI=1S/C34H19N3O3S/c38-37(39)27-18-6-4-12-21(27)24-15-9-16-25-30-33(41-32(24)25)29(20-10-2-1-3-11-20)35-34(36-30)26-17-8-14-23-22-13-5-7-19-28(22)40-31(23)26/h1-19H. The SMILES string of the molecule is O=[N+]([O-])c1ccccc1-c1cccc2c1sc1c(-c3ccccc3)nc(-c3cccc4c3oc3ccccc34)nc12. The van der Waals surface area contributed by atoms with Gasteiger partial charge < -0.3 is 4.42 Å². The Bertz CT molecular complexity index is 2300. The van der Waals surface area contributed by atoms with E-state index in [0.717, 1.165) is 64.6 Å². The molecule has 0 aliphatic heterocycles. The fourth-order valence-electron chi connectivity index (χ4n) is 5.57. The second kappa shape index (κ2) is 9.08. The van der Waals surface area contributed by atoms with Gasteiger partial charge >= 0.3 is 0 Å². The van der Waals surface area contributed by atoms with Crippen molar-refractivity contribution in [1.29, 1.82) is 0 Å². The molecule has 0 unspecified atom stereocenters. The van der Waals surface area contributed by atoms with Crippen LogP contribution in [0.4, 0.5) is 5.69 Å². The molecule has 0 atom stereocenters. The van der Waals surface area contributed by atoms with Gasteiger partial charge in [0.15, 0.2) is 5.82 Å². The first-order chi connectivity index (χ1) is 20.2. The third-order valence-electron chi connectivity index (χ3n) is 7.42. The van der Waals surface area contributed by atoms with Gasteiger partial charge in [-0.3, -0.25) is 10.1 Å². The molecular weight excluding hydrogens is 530 g/mol. The first kappa shape index (κ1) is 23.5. The lowest BCUT2D eigenvalue weighted by molar-refractivity contribution is -0.384. The van der Waals surface area contributed by atoms with Gasteiger partial charge in [-0.15, -0.1) is 11.3 Å². The predicted molar refractivity (Wildman–Crippen MR) is 165 cm³/mol. The third-order valence-corrected chi connectivity index (χ3v) is 8.66. The average Bonchev–Trinajstić information content (AvgIpc) is 3.59. The van der Waals surface area contributed by atoms with Crippen LogP contribution < -0.4 is 0 Å². The summed E-state index contributed by atoms with van der Waals surface area (Å²) in [4.78, 5) is 21.8. The molecule has 194 valence electrons. The molecule has 41 heavy (non-hydrogen) atoms. The normalized spacial score (nSPS) is 11.6.